The highest BCUT2D eigenvalue weighted by molar-refractivity contribution is 6.41. The fourth-order valence-electron chi connectivity index (χ4n) is 1.57. The molecule has 2 aromatic rings. The minimum Gasteiger partial charge on any atom is -0.378 e. The average molecular weight is 305 g/mol. The number of rotatable bonds is 4. The summed E-state index contributed by atoms with van der Waals surface area (Å²) in [4.78, 5) is 0. The van der Waals surface area contributed by atoms with Crippen LogP contribution in [0.4, 0.5) is 5.69 Å². The van der Waals surface area contributed by atoms with Crippen LogP contribution in [0.1, 0.15) is 12.5 Å². The predicted molar refractivity (Wildman–Crippen MR) is 76.7 cm³/mol. The molecule has 1 heterocycles. The fraction of sp³-hybridized carbons (Fsp3) is 0.250. The molecular formula is C12H12Cl3N3. The van der Waals surface area contributed by atoms with Gasteiger partial charge in [-0.3, -0.25) is 4.68 Å². The van der Waals surface area contributed by atoms with E-state index in [1.807, 2.05) is 24.0 Å². The molecule has 1 aromatic carbocycles. The quantitative estimate of drug-likeness (QED) is 0.903. The number of hydrogen-bond acceptors (Lipinski definition) is 2. The summed E-state index contributed by atoms with van der Waals surface area (Å²) in [5.74, 6) is 0. The van der Waals surface area contributed by atoms with Crippen LogP contribution >= 0.6 is 34.8 Å². The molecular weight excluding hydrogens is 293 g/mol. The maximum absolute atomic E-state index is 6.08. The Morgan fingerprint density at radius 3 is 2.44 bits per heavy atom. The first-order chi connectivity index (χ1) is 8.60. The normalized spacial score (nSPS) is 10.7. The standard InChI is InChI=1S/C12H12Cl3N3/c1-2-18-7-8(6-17-18)5-16-12-10(14)3-9(13)4-11(12)15/h3-4,6-7,16H,2,5H2,1H3. The van der Waals surface area contributed by atoms with E-state index in [1.54, 1.807) is 12.1 Å². The Kier molecular flexibility index (Phi) is 4.38. The molecule has 6 heteroatoms. The van der Waals surface area contributed by atoms with Gasteiger partial charge in [0.1, 0.15) is 0 Å². The van der Waals surface area contributed by atoms with Gasteiger partial charge in [0.05, 0.1) is 21.9 Å². The topological polar surface area (TPSA) is 29.9 Å². The van der Waals surface area contributed by atoms with Crippen molar-refractivity contribution in [3.8, 4) is 0 Å². The van der Waals surface area contributed by atoms with Crippen LogP contribution in [0.5, 0.6) is 0 Å². The Morgan fingerprint density at radius 1 is 1.22 bits per heavy atom. The first-order valence-corrected chi connectivity index (χ1v) is 6.63. The van der Waals surface area contributed by atoms with E-state index >= 15 is 0 Å². The molecule has 0 saturated heterocycles. The lowest BCUT2D eigenvalue weighted by Gasteiger charge is -2.09. The van der Waals surface area contributed by atoms with Gasteiger partial charge in [0.2, 0.25) is 0 Å². The van der Waals surface area contributed by atoms with Crippen molar-refractivity contribution in [1.29, 1.82) is 0 Å². The lowest BCUT2D eigenvalue weighted by atomic mass is 10.3. The van der Waals surface area contributed by atoms with Crippen LogP contribution in [0.3, 0.4) is 0 Å². The zero-order valence-electron chi connectivity index (χ0n) is 9.75. The first kappa shape index (κ1) is 13.5. The van der Waals surface area contributed by atoms with E-state index < -0.39 is 0 Å². The summed E-state index contributed by atoms with van der Waals surface area (Å²) < 4.78 is 1.86. The first-order valence-electron chi connectivity index (χ1n) is 5.50. The van der Waals surface area contributed by atoms with Crippen LogP contribution < -0.4 is 5.32 Å². The third-order valence-electron chi connectivity index (χ3n) is 2.49. The molecule has 0 radical (unpaired) electrons. The van der Waals surface area contributed by atoms with Gasteiger partial charge in [0.15, 0.2) is 0 Å². The second-order valence-electron chi connectivity index (χ2n) is 3.80. The van der Waals surface area contributed by atoms with E-state index in [4.69, 9.17) is 34.8 Å². The minimum absolute atomic E-state index is 0.510. The van der Waals surface area contributed by atoms with Crippen LogP contribution in [0.2, 0.25) is 15.1 Å². The van der Waals surface area contributed by atoms with E-state index in [-0.39, 0.29) is 0 Å². The molecule has 0 aliphatic rings. The number of anilines is 1. The van der Waals surface area contributed by atoms with E-state index in [2.05, 4.69) is 10.4 Å². The maximum atomic E-state index is 6.08. The summed E-state index contributed by atoms with van der Waals surface area (Å²) in [6, 6.07) is 3.32. The Morgan fingerprint density at radius 2 is 1.89 bits per heavy atom. The van der Waals surface area contributed by atoms with Gasteiger partial charge >= 0.3 is 0 Å². The molecule has 2 rings (SSSR count). The molecule has 3 nitrogen and oxygen atoms in total. The molecule has 0 atom stereocenters. The predicted octanol–water partition coefficient (Wildman–Crippen LogP) is 4.48. The molecule has 0 aliphatic heterocycles. The van der Waals surface area contributed by atoms with Gasteiger partial charge in [-0.2, -0.15) is 5.10 Å². The second-order valence-corrected chi connectivity index (χ2v) is 5.05. The van der Waals surface area contributed by atoms with Crippen LogP contribution in [0, 0.1) is 0 Å². The average Bonchev–Trinajstić information content (AvgIpc) is 2.75. The van der Waals surface area contributed by atoms with E-state index in [0.717, 1.165) is 12.1 Å². The Bertz CT molecular complexity index is 528. The molecule has 0 amide bonds. The van der Waals surface area contributed by atoms with Crippen LogP contribution in [0.25, 0.3) is 0 Å². The highest BCUT2D eigenvalue weighted by Gasteiger charge is 2.07. The zero-order chi connectivity index (χ0) is 13.1. The number of nitrogens with zero attached hydrogens (tertiary/aromatic N) is 2. The van der Waals surface area contributed by atoms with Crippen molar-refractivity contribution in [3.63, 3.8) is 0 Å². The Hall–Kier alpha value is -0.900. The molecule has 18 heavy (non-hydrogen) atoms. The van der Waals surface area contributed by atoms with Gasteiger partial charge in [0, 0.05) is 29.9 Å². The number of hydrogen-bond donors (Lipinski definition) is 1. The number of halogens is 3. The van der Waals surface area contributed by atoms with Gasteiger partial charge in [-0.25, -0.2) is 0 Å². The smallest absolute Gasteiger partial charge is 0.0722 e. The van der Waals surface area contributed by atoms with Gasteiger partial charge in [0.25, 0.3) is 0 Å². The number of nitrogens with one attached hydrogen (secondary N) is 1. The van der Waals surface area contributed by atoms with Gasteiger partial charge < -0.3 is 5.32 Å². The second kappa shape index (κ2) is 5.83. The molecule has 0 unspecified atom stereocenters. The van der Waals surface area contributed by atoms with Crippen molar-refractivity contribution in [1.82, 2.24) is 9.78 Å². The van der Waals surface area contributed by atoms with Crippen molar-refractivity contribution >= 4 is 40.5 Å². The SMILES string of the molecule is CCn1cc(CNc2c(Cl)cc(Cl)cc2Cl)cn1. The fourth-order valence-corrected chi connectivity index (χ4v) is 2.52. The Labute approximate surface area is 121 Å². The Balaban J connectivity index is 2.10. The van der Waals surface area contributed by atoms with Gasteiger partial charge in [-0.1, -0.05) is 34.8 Å². The summed E-state index contributed by atoms with van der Waals surface area (Å²) >= 11 is 18.0. The molecule has 0 bridgehead atoms. The lowest BCUT2D eigenvalue weighted by Crippen LogP contribution is -2.00. The summed E-state index contributed by atoms with van der Waals surface area (Å²) in [5.41, 5.74) is 1.76. The third-order valence-corrected chi connectivity index (χ3v) is 3.30. The van der Waals surface area contributed by atoms with E-state index in [1.165, 1.54) is 0 Å². The largest absolute Gasteiger partial charge is 0.378 e. The number of aryl methyl sites for hydroxylation is 1. The highest BCUT2D eigenvalue weighted by Crippen LogP contribution is 2.33. The molecule has 0 aliphatic carbocycles. The summed E-state index contributed by atoms with van der Waals surface area (Å²) in [5, 5.41) is 8.92. The summed E-state index contributed by atoms with van der Waals surface area (Å²) in [7, 11) is 0. The van der Waals surface area contributed by atoms with E-state index in [9.17, 15) is 0 Å². The van der Waals surface area contributed by atoms with E-state index in [0.29, 0.717) is 27.3 Å². The monoisotopic (exact) mass is 303 g/mol. The number of aromatic nitrogens is 2. The third kappa shape index (κ3) is 3.10. The molecule has 1 aromatic heterocycles. The zero-order valence-corrected chi connectivity index (χ0v) is 12.0. The molecule has 0 spiro atoms. The maximum Gasteiger partial charge on any atom is 0.0722 e. The molecule has 96 valence electrons. The van der Waals surface area contributed by atoms with Crippen LogP contribution in [-0.2, 0) is 13.1 Å². The molecule has 0 fully saturated rings. The summed E-state index contributed by atoms with van der Waals surface area (Å²) in [6.45, 7) is 3.50. The summed E-state index contributed by atoms with van der Waals surface area (Å²) in [6.07, 6.45) is 3.79. The lowest BCUT2D eigenvalue weighted by molar-refractivity contribution is 0.659. The molecule has 0 saturated carbocycles. The van der Waals surface area contributed by atoms with Gasteiger partial charge in [-0.05, 0) is 19.1 Å². The van der Waals surface area contributed by atoms with Crippen LogP contribution in [-0.4, -0.2) is 9.78 Å². The van der Waals surface area contributed by atoms with Gasteiger partial charge in [-0.15, -0.1) is 0 Å². The van der Waals surface area contributed by atoms with Crippen molar-refractivity contribution in [2.45, 2.75) is 20.0 Å². The van der Waals surface area contributed by atoms with Crippen molar-refractivity contribution in [3.05, 3.63) is 45.2 Å². The number of benzene rings is 1. The van der Waals surface area contributed by atoms with Crippen LogP contribution in [0.15, 0.2) is 24.5 Å². The minimum atomic E-state index is 0.510. The highest BCUT2D eigenvalue weighted by atomic mass is 35.5. The van der Waals surface area contributed by atoms with Crippen molar-refractivity contribution in [2.75, 3.05) is 5.32 Å². The van der Waals surface area contributed by atoms with Crippen molar-refractivity contribution < 1.29 is 0 Å². The van der Waals surface area contributed by atoms with Crippen molar-refractivity contribution in [2.24, 2.45) is 0 Å². The molecule has 1 N–H and O–H groups in total.